The second-order valence-corrected chi connectivity index (χ2v) is 3.05. The molecule has 0 aromatic carbocycles. The molecule has 1 aromatic rings. The molecule has 1 aliphatic heterocycles. The highest BCUT2D eigenvalue weighted by atomic mass is 19.3. The maximum atomic E-state index is 12.5. The molecule has 0 N–H and O–H groups in total. The van der Waals surface area contributed by atoms with Gasteiger partial charge in [0.1, 0.15) is 6.07 Å². The minimum absolute atomic E-state index is 0.0861. The van der Waals surface area contributed by atoms with E-state index < -0.39 is 5.92 Å². The van der Waals surface area contributed by atoms with Crippen LogP contribution in [0.3, 0.4) is 0 Å². The Morgan fingerprint density at radius 3 is 2.57 bits per heavy atom. The summed E-state index contributed by atoms with van der Waals surface area (Å²) in [6, 6.07) is 1.81. The Bertz CT molecular complexity index is 391. The summed E-state index contributed by atoms with van der Waals surface area (Å²) in [5.74, 6) is -2.43. The number of anilines is 1. The molecule has 1 aromatic heterocycles. The van der Waals surface area contributed by atoms with E-state index >= 15 is 0 Å². The quantitative estimate of drug-likeness (QED) is 0.666. The third kappa shape index (κ3) is 1.37. The van der Waals surface area contributed by atoms with Crippen LogP contribution in [0.5, 0.6) is 0 Å². The number of rotatable bonds is 1. The molecule has 72 valence electrons. The number of aromatic nitrogens is 2. The summed E-state index contributed by atoms with van der Waals surface area (Å²) in [6.45, 7) is -0.777. The van der Waals surface area contributed by atoms with Crippen molar-refractivity contribution in [2.45, 2.75) is 5.92 Å². The van der Waals surface area contributed by atoms with Gasteiger partial charge in [-0.15, -0.1) is 0 Å². The topological polar surface area (TPSA) is 52.8 Å². The molecule has 6 heteroatoms. The van der Waals surface area contributed by atoms with Crippen LogP contribution in [0.4, 0.5) is 14.6 Å². The zero-order valence-corrected chi connectivity index (χ0v) is 7.11. The highest BCUT2D eigenvalue weighted by Crippen LogP contribution is 2.31. The van der Waals surface area contributed by atoms with Gasteiger partial charge in [-0.1, -0.05) is 0 Å². The van der Waals surface area contributed by atoms with Gasteiger partial charge in [0, 0.05) is 12.4 Å². The number of hydrogen-bond acceptors (Lipinski definition) is 4. The highest BCUT2D eigenvalue weighted by molar-refractivity contribution is 5.52. The summed E-state index contributed by atoms with van der Waals surface area (Å²) >= 11 is 0. The fourth-order valence-corrected chi connectivity index (χ4v) is 1.30. The van der Waals surface area contributed by atoms with Crippen LogP contribution < -0.4 is 4.90 Å². The molecule has 2 heterocycles. The second kappa shape index (κ2) is 2.87. The van der Waals surface area contributed by atoms with Gasteiger partial charge in [-0.05, 0) is 0 Å². The molecule has 1 saturated heterocycles. The Morgan fingerprint density at radius 2 is 2.00 bits per heavy atom. The van der Waals surface area contributed by atoms with Gasteiger partial charge in [0.25, 0.3) is 5.92 Å². The molecule has 0 aliphatic carbocycles. The summed E-state index contributed by atoms with van der Waals surface area (Å²) in [6.07, 6.45) is 2.74. The van der Waals surface area contributed by atoms with Gasteiger partial charge in [0.05, 0.1) is 13.1 Å². The third-order valence-electron chi connectivity index (χ3n) is 1.93. The monoisotopic (exact) mass is 196 g/mol. The van der Waals surface area contributed by atoms with Gasteiger partial charge >= 0.3 is 0 Å². The first-order valence-electron chi connectivity index (χ1n) is 3.96. The Labute approximate surface area is 78.8 Å². The normalized spacial score (nSPS) is 18.5. The fraction of sp³-hybridized carbons (Fsp3) is 0.375. The SMILES string of the molecule is N#Cc1nccnc1N1CC(F)(F)C1. The smallest absolute Gasteiger partial charge is 0.282 e. The minimum Gasteiger partial charge on any atom is -0.342 e. The first-order valence-corrected chi connectivity index (χ1v) is 3.96. The largest absolute Gasteiger partial charge is 0.342 e. The van der Waals surface area contributed by atoms with Crippen LogP contribution in [0, 0.1) is 11.3 Å². The van der Waals surface area contributed by atoms with Crippen LogP contribution in [0.1, 0.15) is 5.69 Å². The van der Waals surface area contributed by atoms with Gasteiger partial charge in [-0.2, -0.15) is 5.26 Å². The predicted octanol–water partition coefficient (Wildman–Crippen LogP) is 0.804. The van der Waals surface area contributed by atoms with Gasteiger partial charge in [-0.3, -0.25) is 0 Å². The lowest BCUT2D eigenvalue weighted by atomic mass is 10.1. The van der Waals surface area contributed by atoms with Crippen molar-refractivity contribution < 1.29 is 8.78 Å². The average Bonchev–Trinajstić information content (AvgIpc) is 2.14. The van der Waals surface area contributed by atoms with Crippen molar-refractivity contribution in [2.75, 3.05) is 18.0 Å². The van der Waals surface area contributed by atoms with Crippen LogP contribution in [-0.2, 0) is 0 Å². The van der Waals surface area contributed by atoms with Crippen molar-refractivity contribution in [3.63, 3.8) is 0 Å². The molecule has 0 saturated carbocycles. The molecule has 0 atom stereocenters. The standard InChI is InChI=1S/C8H6F2N4/c9-8(10)4-14(5-8)7-6(3-11)12-1-2-13-7/h1-2H,4-5H2. The Hall–Kier alpha value is -1.77. The third-order valence-corrected chi connectivity index (χ3v) is 1.93. The zero-order valence-electron chi connectivity index (χ0n) is 7.11. The molecule has 2 rings (SSSR count). The van der Waals surface area contributed by atoms with Crippen molar-refractivity contribution in [2.24, 2.45) is 0 Å². The molecule has 1 fully saturated rings. The van der Waals surface area contributed by atoms with E-state index in [-0.39, 0.29) is 24.6 Å². The highest BCUT2D eigenvalue weighted by Gasteiger charge is 2.45. The van der Waals surface area contributed by atoms with Crippen molar-refractivity contribution in [1.29, 1.82) is 5.26 Å². The van der Waals surface area contributed by atoms with E-state index in [9.17, 15) is 8.78 Å². The first-order chi connectivity index (χ1) is 6.62. The minimum atomic E-state index is -2.66. The molecule has 0 spiro atoms. The van der Waals surface area contributed by atoms with Crippen LogP contribution in [0.15, 0.2) is 12.4 Å². The van der Waals surface area contributed by atoms with Gasteiger partial charge in [0.15, 0.2) is 11.5 Å². The van der Waals surface area contributed by atoms with E-state index in [0.717, 1.165) is 0 Å². The lowest BCUT2D eigenvalue weighted by Crippen LogP contribution is -2.57. The first kappa shape index (κ1) is 8.81. The summed E-state index contributed by atoms with van der Waals surface area (Å²) in [5, 5.41) is 8.65. The number of nitriles is 1. The fourth-order valence-electron chi connectivity index (χ4n) is 1.30. The summed E-state index contributed by atoms with van der Waals surface area (Å²) in [5.41, 5.74) is 0.0861. The van der Waals surface area contributed by atoms with Gasteiger partial charge in [-0.25, -0.2) is 18.7 Å². The van der Waals surface area contributed by atoms with Crippen LogP contribution in [0.25, 0.3) is 0 Å². The van der Waals surface area contributed by atoms with E-state index in [2.05, 4.69) is 9.97 Å². The molecule has 0 unspecified atom stereocenters. The number of nitrogens with zero attached hydrogens (tertiary/aromatic N) is 4. The predicted molar refractivity (Wildman–Crippen MR) is 43.9 cm³/mol. The van der Waals surface area contributed by atoms with E-state index in [1.54, 1.807) is 0 Å². The summed E-state index contributed by atoms with van der Waals surface area (Å²) < 4.78 is 25.1. The molecular weight excluding hydrogens is 190 g/mol. The molecule has 0 bridgehead atoms. The van der Waals surface area contributed by atoms with Gasteiger partial charge < -0.3 is 4.90 Å². The lowest BCUT2D eigenvalue weighted by molar-refractivity contribution is -0.0267. The van der Waals surface area contributed by atoms with Crippen molar-refractivity contribution in [1.82, 2.24) is 9.97 Å². The summed E-state index contributed by atoms with van der Waals surface area (Å²) in [4.78, 5) is 8.92. The lowest BCUT2D eigenvalue weighted by Gasteiger charge is -2.39. The Balaban J connectivity index is 2.23. The van der Waals surface area contributed by atoms with E-state index in [4.69, 9.17) is 5.26 Å². The van der Waals surface area contributed by atoms with Crippen molar-refractivity contribution in [3.8, 4) is 6.07 Å². The van der Waals surface area contributed by atoms with Crippen LogP contribution in [0.2, 0.25) is 0 Å². The van der Waals surface area contributed by atoms with E-state index in [0.29, 0.717) is 0 Å². The number of alkyl halides is 2. The zero-order chi connectivity index (χ0) is 10.2. The molecule has 0 amide bonds. The molecule has 0 radical (unpaired) electrons. The second-order valence-electron chi connectivity index (χ2n) is 3.05. The Kier molecular flexibility index (Phi) is 1.81. The molecule has 1 aliphatic rings. The van der Waals surface area contributed by atoms with Crippen LogP contribution >= 0.6 is 0 Å². The van der Waals surface area contributed by atoms with Gasteiger partial charge in [0.2, 0.25) is 0 Å². The van der Waals surface area contributed by atoms with E-state index in [1.165, 1.54) is 17.3 Å². The summed E-state index contributed by atoms with van der Waals surface area (Å²) in [7, 11) is 0. The average molecular weight is 196 g/mol. The molecule has 4 nitrogen and oxygen atoms in total. The Morgan fingerprint density at radius 1 is 1.36 bits per heavy atom. The maximum absolute atomic E-state index is 12.5. The molecular formula is C8H6F2N4. The maximum Gasteiger partial charge on any atom is 0.282 e. The van der Waals surface area contributed by atoms with Crippen LogP contribution in [-0.4, -0.2) is 29.0 Å². The van der Waals surface area contributed by atoms with Crippen molar-refractivity contribution >= 4 is 5.82 Å². The van der Waals surface area contributed by atoms with E-state index in [1.807, 2.05) is 6.07 Å². The molecule has 14 heavy (non-hydrogen) atoms. The number of halogens is 2. The van der Waals surface area contributed by atoms with Crippen molar-refractivity contribution in [3.05, 3.63) is 18.1 Å². The number of hydrogen-bond donors (Lipinski definition) is 0.